The van der Waals surface area contributed by atoms with Gasteiger partial charge >= 0.3 is 0 Å². The van der Waals surface area contributed by atoms with Gasteiger partial charge in [0.25, 0.3) is 5.91 Å². The van der Waals surface area contributed by atoms with Crippen molar-refractivity contribution in [2.75, 3.05) is 13.1 Å². The molecule has 1 aromatic carbocycles. The summed E-state index contributed by atoms with van der Waals surface area (Å²) in [6.45, 7) is 11.9. The van der Waals surface area contributed by atoms with Crippen molar-refractivity contribution in [3.05, 3.63) is 34.4 Å². The molecule has 0 aliphatic rings. The summed E-state index contributed by atoms with van der Waals surface area (Å²) >= 11 is 0. The molecule has 0 saturated heterocycles. The zero-order valence-electron chi connectivity index (χ0n) is 12.3. The van der Waals surface area contributed by atoms with Crippen LogP contribution in [-0.2, 0) is 12.8 Å². The van der Waals surface area contributed by atoms with Crippen LogP contribution >= 0.6 is 0 Å². The highest BCUT2D eigenvalue weighted by molar-refractivity contribution is 5.97. The van der Waals surface area contributed by atoms with Gasteiger partial charge in [0.15, 0.2) is 0 Å². The predicted octanol–water partition coefficient (Wildman–Crippen LogP) is 3.60. The summed E-state index contributed by atoms with van der Waals surface area (Å²) in [5.74, 6) is 0.185. The highest BCUT2D eigenvalue weighted by Crippen LogP contribution is 2.22. The van der Waals surface area contributed by atoms with E-state index in [1.807, 2.05) is 25.7 Å². The number of hydrogen-bond donors (Lipinski definition) is 0. The van der Waals surface area contributed by atoms with Gasteiger partial charge in [-0.05, 0) is 50.3 Å². The van der Waals surface area contributed by atoms with E-state index in [1.54, 1.807) is 0 Å². The first-order chi connectivity index (χ1) is 8.60. The van der Waals surface area contributed by atoms with Crippen LogP contribution in [0.2, 0.25) is 0 Å². The molecule has 0 aliphatic carbocycles. The Balaban J connectivity index is 3.33. The quantitative estimate of drug-likeness (QED) is 0.778. The molecule has 0 unspecified atom stereocenters. The highest BCUT2D eigenvalue weighted by Gasteiger charge is 2.19. The van der Waals surface area contributed by atoms with Crippen molar-refractivity contribution in [1.82, 2.24) is 4.90 Å². The van der Waals surface area contributed by atoms with E-state index in [1.165, 1.54) is 11.1 Å². The third kappa shape index (κ3) is 2.74. The first-order valence-electron chi connectivity index (χ1n) is 7.01. The normalized spacial score (nSPS) is 10.5. The topological polar surface area (TPSA) is 20.3 Å². The Labute approximate surface area is 111 Å². The zero-order valence-corrected chi connectivity index (χ0v) is 12.3. The van der Waals surface area contributed by atoms with Gasteiger partial charge in [0, 0.05) is 18.7 Å². The molecule has 0 saturated carbocycles. The first kappa shape index (κ1) is 14.7. The second-order valence-corrected chi connectivity index (χ2v) is 4.58. The van der Waals surface area contributed by atoms with Gasteiger partial charge in [-0.15, -0.1) is 0 Å². The molecule has 0 aromatic heterocycles. The lowest BCUT2D eigenvalue weighted by molar-refractivity contribution is 0.0771. The standard InChI is InChI=1S/C16H25NO/c1-6-13-11-10-12(5)15(14(13)7-2)16(18)17(8-3)9-4/h10-11H,6-9H2,1-5H3. The van der Waals surface area contributed by atoms with Crippen molar-refractivity contribution in [3.63, 3.8) is 0 Å². The second-order valence-electron chi connectivity index (χ2n) is 4.58. The second kappa shape index (κ2) is 6.58. The van der Waals surface area contributed by atoms with E-state index in [0.29, 0.717) is 0 Å². The van der Waals surface area contributed by atoms with Crippen LogP contribution in [-0.4, -0.2) is 23.9 Å². The third-order valence-corrected chi connectivity index (χ3v) is 3.62. The van der Waals surface area contributed by atoms with Crippen molar-refractivity contribution < 1.29 is 4.79 Å². The summed E-state index contributed by atoms with van der Waals surface area (Å²) in [5, 5.41) is 0. The minimum atomic E-state index is 0.185. The van der Waals surface area contributed by atoms with Crippen molar-refractivity contribution in [2.24, 2.45) is 0 Å². The van der Waals surface area contributed by atoms with Crippen molar-refractivity contribution in [1.29, 1.82) is 0 Å². The van der Waals surface area contributed by atoms with E-state index in [2.05, 4.69) is 26.0 Å². The monoisotopic (exact) mass is 247 g/mol. The molecular formula is C16H25NO. The molecule has 0 N–H and O–H groups in total. The molecule has 100 valence electrons. The molecule has 0 fully saturated rings. The first-order valence-corrected chi connectivity index (χ1v) is 7.01. The fourth-order valence-corrected chi connectivity index (χ4v) is 2.51. The minimum absolute atomic E-state index is 0.185. The Morgan fingerprint density at radius 1 is 1.06 bits per heavy atom. The Morgan fingerprint density at radius 3 is 2.11 bits per heavy atom. The summed E-state index contributed by atoms with van der Waals surface area (Å²) in [6.07, 6.45) is 1.91. The van der Waals surface area contributed by atoms with Gasteiger partial charge in [-0.1, -0.05) is 26.0 Å². The van der Waals surface area contributed by atoms with E-state index in [0.717, 1.165) is 37.1 Å². The lowest BCUT2D eigenvalue weighted by Gasteiger charge is -2.23. The van der Waals surface area contributed by atoms with Crippen LogP contribution in [0.5, 0.6) is 0 Å². The number of carbonyl (C=O) groups is 1. The maximum Gasteiger partial charge on any atom is 0.254 e. The highest BCUT2D eigenvalue weighted by atomic mass is 16.2. The fourth-order valence-electron chi connectivity index (χ4n) is 2.51. The van der Waals surface area contributed by atoms with Crippen LogP contribution in [0.1, 0.15) is 54.7 Å². The summed E-state index contributed by atoms with van der Waals surface area (Å²) in [5.41, 5.74) is 4.56. The van der Waals surface area contributed by atoms with Gasteiger partial charge in [-0.25, -0.2) is 0 Å². The van der Waals surface area contributed by atoms with Crippen molar-refractivity contribution >= 4 is 5.91 Å². The third-order valence-electron chi connectivity index (χ3n) is 3.62. The Morgan fingerprint density at radius 2 is 1.67 bits per heavy atom. The Bertz CT molecular complexity index is 419. The van der Waals surface area contributed by atoms with Gasteiger partial charge in [0.2, 0.25) is 0 Å². The van der Waals surface area contributed by atoms with Gasteiger partial charge in [0.05, 0.1) is 0 Å². The largest absolute Gasteiger partial charge is 0.339 e. The van der Waals surface area contributed by atoms with E-state index in [4.69, 9.17) is 0 Å². The van der Waals surface area contributed by atoms with Crippen LogP contribution in [0.25, 0.3) is 0 Å². The number of rotatable bonds is 5. The number of benzene rings is 1. The van der Waals surface area contributed by atoms with Crippen molar-refractivity contribution in [3.8, 4) is 0 Å². The molecule has 2 heteroatoms. The van der Waals surface area contributed by atoms with Crippen LogP contribution in [0.15, 0.2) is 12.1 Å². The predicted molar refractivity (Wildman–Crippen MR) is 77.2 cm³/mol. The number of carbonyl (C=O) groups excluding carboxylic acids is 1. The summed E-state index contributed by atoms with van der Waals surface area (Å²) in [6, 6.07) is 4.24. The van der Waals surface area contributed by atoms with E-state index in [9.17, 15) is 4.79 Å². The van der Waals surface area contributed by atoms with Crippen molar-refractivity contribution in [2.45, 2.75) is 47.5 Å². The van der Waals surface area contributed by atoms with E-state index < -0.39 is 0 Å². The molecular weight excluding hydrogens is 222 g/mol. The number of hydrogen-bond acceptors (Lipinski definition) is 1. The molecule has 18 heavy (non-hydrogen) atoms. The average Bonchev–Trinajstić information content (AvgIpc) is 2.39. The molecule has 0 heterocycles. The van der Waals surface area contributed by atoms with Gasteiger partial charge in [-0.2, -0.15) is 0 Å². The molecule has 0 bridgehead atoms. The number of amides is 1. The zero-order chi connectivity index (χ0) is 13.7. The summed E-state index contributed by atoms with van der Waals surface area (Å²) < 4.78 is 0. The minimum Gasteiger partial charge on any atom is -0.339 e. The van der Waals surface area contributed by atoms with Crippen LogP contribution < -0.4 is 0 Å². The summed E-state index contributed by atoms with van der Waals surface area (Å²) in [7, 11) is 0. The van der Waals surface area contributed by atoms with Crippen LogP contribution in [0, 0.1) is 6.92 Å². The lowest BCUT2D eigenvalue weighted by Crippen LogP contribution is -2.32. The van der Waals surface area contributed by atoms with Gasteiger partial charge in [0.1, 0.15) is 0 Å². The van der Waals surface area contributed by atoms with Gasteiger partial charge < -0.3 is 4.90 Å². The maximum absolute atomic E-state index is 12.6. The van der Waals surface area contributed by atoms with E-state index in [-0.39, 0.29) is 5.91 Å². The molecule has 0 radical (unpaired) electrons. The Hall–Kier alpha value is -1.31. The van der Waals surface area contributed by atoms with Crippen LogP contribution in [0.4, 0.5) is 0 Å². The molecule has 0 aliphatic heterocycles. The lowest BCUT2D eigenvalue weighted by atomic mass is 9.92. The average molecular weight is 247 g/mol. The van der Waals surface area contributed by atoms with Crippen LogP contribution in [0.3, 0.4) is 0 Å². The number of aryl methyl sites for hydroxylation is 2. The summed E-state index contributed by atoms with van der Waals surface area (Å²) in [4.78, 5) is 14.5. The maximum atomic E-state index is 12.6. The molecule has 1 rings (SSSR count). The van der Waals surface area contributed by atoms with Gasteiger partial charge in [-0.3, -0.25) is 4.79 Å². The molecule has 1 amide bonds. The molecule has 0 atom stereocenters. The molecule has 2 nitrogen and oxygen atoms in total. The number of nitrogens with zero attached hydrogens (tertiary/aromatic N) is 1. The Kier molecular flexibility index (Phi) is 5.39. The SMILES string of the molecule is CCc1ccc(C)c(C(=O)N(CC)CC)c1CC. The fraction of sp³-hybridized carbons (Fsp3) is 0.562. The smallest absolute Gasteiger partial charge is 0.254 e. The van der Waals surface area contributed by atoms with E-state index >= 15 is 0 Å². The molecule has 0 spiro atoms. The molecule has 1 aromatic rings.